The van der Waals surface area contributed by atoms with Gasteiger partial charge in [-0.1, -0.05) is 19.8 Å². The van der Waals surface area contributed by atoms with Gasteiger partial charge in [-0.3, -0.25) is 4.79 Å². The largest absolute Gasteiger partial charge is 0.480 e. The Morgan fingerprint density at radius 2 is 1.94 bits per heavy atom. The maximum absolute atomic E-state index is 12.1. The zero-order valence-corrected chi connectivity index (χ0v) is 10.4. The van der Waals surface area contributed by atoms with Crippen molar-refractivity contribution in [3.05, 3.63) is 0 Å². The molecule has 0 aromatic carbocycles. The minimum Gasteiger partial charge on any atom is -0.480 e. The van der Waals surface area contributed by atoms with Crippen molar-refractivity contribution in [2.24, 2.45) is 0 Å². The molecule has 1 rings (SSSR count). The Hall–Kier alpha value is -0.620. The number of carboxylic acids is 1. The first-order valence-corrected chi connectivity index (χ1v) is 7.19. The number of rotatable bonds is 6. The first-order valence-electron chi connectivity index (χ1n) is 5.69. The molecule has 5 nitrogen and oxygen atoms in total. The minimum absolute atomic E-state index is 0.297. The summed E-state index contributed by atoms with van der Waals surface area (Å²) >= 11 is 0. The van der Waals surface area contributed by atoms with Gasteiger partial charge >= 0.3 is 5.97 Å². The van der Waals surface area contributed by atoms with Crippen molar-refractivity contribution in [3.63, 3.8) is 0 Å². The van der Waals surface area contributed by atoms with Gasteiger partial charge in [0.25, 0.3) is 0 Å². The van der Waals surface area contributed by atoms with Crippen LogP contribution in [0.25, 0.3) is 0 Å². The van der Waals surface area contributed by atoms with E-state index in [2.05, 4.69) is 0 Å². The Bertz CT molecular complexity index is 333. The van der Waals surface area contributed by atoms with Crippen LogP contribution in [0.5, 0.6) is 0 Å². The van der Waals surface area contributed by atoms with Crippen LogP contribution in [0.1, 0.15) is 39.0 Å². The van der Waals surface area contributed by atoms with E-state index in [4.69, 9.17) is 5.11 Å². The number of sulfonamides is 1. The van der Waals surface area contributed by atoms with Gasteiger partial charge in [-0.15, -0.1) is 0 Å². The van der Waals surface area contributed by atoms with Gasteiger partial charge < -0.3 is 5.11 Å². The van der Waals surface area contributed by atoms with Gasteiger partial charge in [-0.05, 0) is 19.3 Å². The van der Waals surface area contributed by atoms with Crippen molar-refractivity contribution in [2.75, 3.05) is 13.1 Å². The van der Waals surface area contributed by atoms with Crippen LogP contribution >= 0.6 is 0 Å². The highest BCUT2D eigenvalue weighted by Gasteiger charge is 2.34. The molecule has 0 atom stereocenters. The van der Waals surface area contributed by atoms with Crippen molar-refractivity contribution in [1.82, 2.24) is 4.31 Å². The second-order valence-electron chi connectivity index (χ2n) is 4.18. The van der Waals surface area contributed by atoms with Crippen LogP contribution in [0, 0.1) is 0 Å². The van der Waals surface area contributed by atoms with E-state index in [-0.39, 0.29) is 5.25 Å². The summed E-state index contributed by atoms with van der Waals surface area (Å²) in [4.78, 5) is 10.6. The molecule has 0 unspecified atom stereocenters. The molecule has 0 aromatic rings. The number of hydrogen-bond acceptors (Lipinski definition) is 3. The van der Waals surface area contributed by atoms with E-state index in [0.29, 0.717) is 25.8 Å². The van der Waals surface area contributed by atoms with Gasteiger partial charge in [0.05, 0.1) is 5.25 Å². The first kappa shape index (κ1) is 13.4. The van der Waals surface area contributed by atoms with Gasteiger partial charge in [0.1, 0.15) is 6.54 Å². The molecule has 0 bridgehead atoms. The highest BCUT2D eigenvalue weighted by molar-refractivity contribution is 7.89. The van der Waals surface area contributed by atoms with Gasteiger partial charge in [0.15, 0.2) is 0 Å². The Morgan fingerprint density at radius 3 is 2.38 bits per heavy atom. The smallest absolute Gasteiger partial charge is 0.318 e. The van der Waals surface area contributed by atoms with E-state index in [1.54, 1.807) is 0 Å². The maximum atomic E-state index is 12.1. The van der Waals surface area contributed by atoms with Gasteiger partial charge in [0.2, 0.25) is 10.0 Å². The average molecular weight is 249 g/mol. The molecule has 0 amide bonds. The van der Waals surface area contributed by atoms with Crippen LogP contribution in [-0.2, 0) is 14.8 Å². The Morgan fingerprint density at radius 1 is 1.38 bits per heavy atom. The lowest BCUT2D eigenvalue weighted by Crippen LogP contribution is -2.41. The molecule has 1 aliphatic carbocycles. The van der Waals surface area contributed by atoms with E-state index < -0.39 is 22.5 Å². The summed E-state index contributed by atoms with van der Waals surface area (Å²) in [5.74, 6) is -1.09. The van der Waals surface area contributed by atoms with E-state index in [1.807, 2.05) is 6.92 Å². The summed E-state index contributed by atoms with van der Waals surface area (Å²) in [6, 6.07) is 0. The molecule has 0 aromatic heterocycles. The van der Waals surface area contributed by atoms with Crippen molar-refractivity contribution >= 4 is 16.0 Å². The lowest BCUT2D eigenvalue weighted by molar-refractivity contribution is -0.137. The van der Waals surface area contributed by atoms with E-state index >= 15 is 0 Å². The van der Waals surface area contributed by atoms with Crippen LogP contribution in [0.3, 0.4) is 0 Å². The molecule has 6 heteroatoms. The number of aliphatic carboxylic acids is 1. The monoisotopic (exact) mass is 249 g/mol. The topological polar surface area (TPSA) is 74.7 Å². The van der Waals surface area contributed by atoms with Crippen molar-refractivity contribution < 1.29 is 18.3 Å². The Labute approximate surface area is 96.5 Å². The molecule has 0 radical (unpaired) electrons. The lowest BCUT2D eigenvalue weighted by atomic mass is 10.4. The fraction of sp³-hybridized carbons (Fsp3) is 0.900. The second kappa shape index (κ2) is 5.63. The highest BCUT2D eigenvalue weighted by Crippen LogP contribution is 2.27. The molecular formula is C10H19NO4S. The van der Waals surface area contributed by atoms with Gasteiger partial charge in [0, 0.05) is 6.54 Å². The van der Waals surface area contributed by atoms with Crippen molar-refractivity contribution in [3.8, 4) is 0 Å². The fourth-order valence-corrected chi connectivity index (χ4v) is 4.17. The normalized spacial score (nSPS) is 18.1. The molecule has 0 aliphatic heterocycles. The first-order chi connectivity index (χ1) is 7.48. The van der Waals surface area contributed by atoms with Crippen molar-refractivity contribution in [2.45, 2.75) is 44.3 Å². The molecular weight excluding hydrogens is 230 g/mol. The third-order valence-electron chi connectivity index (χ3n) is 2.87. The third-order valence-corrected chi connectivity index (χ3v) is 5.21. The minimum atomic E-state index is -3.41. The number of nitrogens with zero attached hydrogens (tertiary/aromatic N) is 1. The van der Waals surface area contributed by atoms with E-state index in [0.717, 1.165) is 17.1 Å². The highest BCUT2D eigenvalue weighted by atomic mass is 32.2. The fourth-order valence-electron chi connectivity index (χ4n) is 2.09. The summed E-state index contributed by atoms with van der Waals surface area (Å²) < 4.78 is 25.4. The summed E-state index contributed by atoms with van der Waals surface area (Å²) in [6.45, 7) is 1.73. The van der Waals surface area contributed by atoms with Crippen LogP contribution < -0.4 is 0 Å². The lowest BCUT2D eigenvalue weighted by Gasteiger charge is -2.23. The zero-order chi connectivity index (χ0) is 12.2. The molecule has 0 heterocycles. The van der Waals surface area contributed by atoms with E-state index in [9.17, 15) is 13.2 Å². The van der Waals surface area contributed by atoms with Crippen LogP contribution in [0.15, 0.2) is 0 Å². The van der Waals surface area contributed by atoms with Gasteiger partial charge in [-0.25, -0.2) is 8.42 Å². The molecule has 1 aliphatic rings. The predicted octanol–water partition coefficient (Wildman–Crippen LogP) is 1.06. The third kappa shape index (κ3) is 3.18. The summed E-state index contributed by atoms with van der Waals surface area (Å²) in [5, 5.41) is 8.35. The quantitative estimate of drug-likeness (QED) is 0.763. The molecule has 1 saturated carbocycles. The number of carbonyl (C=O) groups is 1. The Kier molecular flexibility index (Phi) is 4.73. The van der Waals surface area contributed by atoms with E-state index in [1.165, 1.54) is 0 Å². The molecule has 0 saturated heterocycles. The molecule has 16 heavy (non-hydrogen) atoms. The second-order valence-corrected chi connectivity index (χ2v) is 6.39. The SMILES string of the molecule is CCCN(CC(=O)O)S(=O)(=O)C1CCCC1. The Balaban J connectivity index is 2.78. The summed E-state index contributed by atoms with van der Waals surface area (Å²) in [6.07, 6.45) is 3.83. The molecule has 94 valence electrons. The van der Waals surface area contributed by atoms with Gasteiger partial charge in [-0.2, -0.15) is 4.31 Å². The summed E-state index contributed by atoms with van der Waals surface area (Å²) in [7, 11) is -3.41. The van der Waals surface area contributed by atoms with Crippen LogP contribution in [0.4, 0.5) is 0 Å². The maximum Gasteiger partial charge on any atom is 0.318 e. The standard InChI is InChI=1S/C10H19NO4S/c1-2-7-11(8-10(12)13)16(14,15)9-5-3-4-6-9/h9H,2-8H2,1H3,(H,12,13). The molecule has 1 N–H and O–H groups in total. The molecule has 1 fully saturated rings. The number of hydrogen-bond donors (Lipinski definition) is 1. The van der Waals surface area contributed by atoms with Crippen LogP contribution in [0.2, 0.25) is 0 Å². The number of carboxylic acid groups (broad SMARTS) is 1. The zero-order valence-electron chi connectivity index (χ0n) is 9.55. The van der Waals surface area contributed by atoms with Crippen LogP contribution in [-0.4, -0.2) is 42.1 Å². The predicted molar refractivity (Wildman–Crippen MR) is 60.7 cm³/mol. The van der Waals surface area contributed by atoms with Crippen molar-refractivity contribution in [1.29, 1.82) is 0 Å². The average Bonchev–Trinajstić information content (AvgIpc) is 2.69. The summed E-state index contributed by atoms with van der Waals surface area (Å²) in [5.41, 5.74) is 0. The molecule has 0 spiro atoms.